The molecule has 0 saturated carbocycles. The van der Waals surface area contributed by atoms with Gasteiger partial charge in [0.15, 0.2) is 0 Å². The first-order valence-corrected chi connectivity index (χ1v) is 18.7. The van der Waals surface area contributed by atoms with Gasteiger partial charge in [-0.05, 0) is 71.5 Å². The van der Waals surface area contributed by atoms with Crippen LogP contribution in [-0.2, 0) is 31.9 Å². The van der Waals surface area contributed by atoms with Crippen LogP contribution < -0.4 is 0 Å². The van der Waals surface area contributed by atoms with Crippen LogP contribution in [0.15, 0.2) is 102 Å². The number of rotatable bonds is 4. The molecule has 0 saturated heterocycles. The number of benzene rings is 4. The fourth-order valence-electron chi connectivity index (χ4n) is 6.31. The van der Waals surface area contributed by atoms with Gasteiger partial charge in [-0.1, -0.05) is 107 Å². The number of hydrogen-bond acceptors (Lipinski definition) is 5. The van der Waals surface area contributed by atoms with E-state index in [1.807, 2.05) is 24.5 Å². The van der Waals surface area contributed by atoms with E-state index >= 15 is 0 Å². The molecule has 271 valence electrons. The Hall–Kier alpha value is -4.48. The Balaban J connectivity index is 0.000000180. The molecule has 8 rings (SSSR count). The van der Waals surface area contributed by atoms with Crippen molar-refractivity contribution in [2.45, 2.75) is 74.1 Å². The van der Waals surface area contributed by atoms with E-state index in [1.165, 1.54) is 33.4 Å². The van der Waals surface area contributed by atoms with E-state index in [2.05, 4.69) is 157 Å². The van der Waals surface area contributed by atoms with E-state index < -0.39 is 0 Å². The maximum atomic E-state index is 6.42. The zero-order valence-corrected chi connectivity index (χ0v) is 35.1. The Morgan fingerprint density at radius 1 is 0.717 bits per heavy atom. The van der Waals surface area contributed by atoms with E-state index in [9.17, 15) is 0 Å². The van der Waals surface area contributed by atoms with Gasteiger partial charge in [-0.2, -0.15) is 0 Å². The largest absolute Gasteiger partial charge is 0.498 e. The molecule has 4 aromatic heterocycles. The first-order chi connectivity index (χ1) is 24.7. The predicted octanol–water partition coefficient (Wildman–Crippen LogP) is 13.1. The Labute approximate surface area is 331 Å². The molecule has 4 heterocycles. The third kappa shape index (κ3) is 8.36. The molecule has 0 amide bonds. The van der Waals surface area contributed by atoms with Gasteiger partial charge in [-0.3, -0.25) is 0 Å². The third-order valence-electron chi connectivity index (χ3n) is 9.25. The molecule has 0 fully saturated rings. The molecule has 0 bridgehead atoms. The molecule has 0 N–H and O–H groups in total. The van der Waals surface area contributed by atoms with Gasteiger partial charge in [0.05, 0.1) is 15.3 Å². The van der Waals surface area contributed by atoms with Crippen molar-refractivity contribution in [1.29, 1.82) is 0 Å². The van der Waals surface area contributed by atoms with Crippen LogP contribution in [0.4, 0.5) is 0 Å². The van der Waals surface area contributed by atoms with Crippen molar-refractivity contribution >= 4 is 43.5 Å². The molecule has 6 heteroatoms. The van der Waals surface area contributed by atoms with Gasteiger partial charge >= 0.3 is 0 Å². The summed E-state index contributed by atoms with van der Waals surface area (Å²) in [7, 11) is 0. The fraction of sp³-hybridized carbons (Fsp3) is 0.255. The zero-order valence-electron chi connectivity index (χ0n) is 31.9. The van der Waals surface area contributed by atoms with Gasteiger partial charge in [0.2, 0.25) is 0 Å². The van der Waals surface area contributed by atoms with Crippen molar-refractivity contribution in [2.75, 3.05) is 0 Å². The second-order valence-corrected chi connectivity index (χ2v) is 17.1. The summed E-state index contributed by atoms with van der Waals surface area (Å²) < 4.78 is 7.58. The summed E-state index contributed by atoms with van der Waals surface area (Å²) in [5.41, 5.74) is 14.1. The van der Waals surface area contributed by atoms with Crippen molar-refractivity contribution in [3.8, 4) is 33.6 Å². The molecule has 53 heavy (non-hydrogen) atoms. The number of thiazole rings is 1. The second kappa shape index (κ2) is 15.1. The topological polar surface area (TPSA) is 51.8 Å². The minimum Gasteiger partial charge on any atom is -0.498 e. The summed E-state index contributed by atoms with van der Waals surface area (Å²) in [6.45, 7) is 19.6. The molecule has 1 radical (unpaired) electrons. The summed E-state index contributed by atoms with van der Waals surface area (Å²) >= 11 is 1.74. The van der Waals surface area contributed by atoms with Crippen molar-refractivity contribution < 1.29 is 24.5 Å². The summed E-state index contributed by atoms with van der Waals surface area (Å²) in [4.78, 5) is 14.1. The van der Waals surface area contributed by atoms with Gasteiger partial charge in [0.25, 0.3) is 0 Å². The first kappa shape index (κ1) is 38.3. The van der Waals surface area contributed by atoms with E-state index in [-0.39, 0.29) is 25.5 Å². The van der Waals surface area contributed by atoms with Crippen LogP contribution >= 0.6 is 11.3 Å². The van der Waals surface area contributed by atoms with Crippen LogP contribution in [0, 0.1) is 38.3 Å². The Morgan fingerprint density at radius 2 is 1.47 bits per heavy atom. The maximum Gasteiger partial charge on any atom is 0.148 e. The van der Waals surface area contributed by atoms with Gasteiger partial charge in [0, 0.05) is 43.3 Å². The number of nitrogens with zero attached hydrogens (tertiary/aromatic N) is 3. The molecule has 0 unspecified atom stereocenters. The van der Waals surface area contributed by atoms with Crippen LogP contribution in [0.3, 0.4) is 0 Å². The molecule has 0 aliphatic carbocycles. The zero-order chi connectivity index (χ0) is 36.8. The van der Waals surface area contributed by atoms with E-state index in [1.54, 1.807) is 11.3 Å². The maximum absolute atomic E-state index is 6.42. The summed E-state index contributed by atoms with van der Waals surface area (Å²) in [5.74, 6) is 0. The SMILES string of the molecule is Cc1c[c-]c(-c2cc(-c3ccc(CC(C)(C)C)cc3)ccn2)cc1.Cc1cnc(-c2[c-]ccc3c2oc2c3ccc3sc(C(C)(C)C)nc32)cc1C.[Ir]. The van der Waals surface area contributed by atoms with Gasteiger partial charge in [-0.25, -0.2) is 4.98 Å². The fourth-order valence-corrected chi connectivity index (χ4v) is 7.33. The summed E-state index contributed by atoms with van der Waals surface area (Å²) in [6.07, 6.45) is 4.88. The normalized spacial score (nSPS) is 11.8. The number of pyridine rings is 2. The van der Waals surface area contributed by atoms with Crippen LogP contribution in [0.2, 0.25) is 0 Å². The van der Waals surface area contributed by atoms with Crippen molar-refractivity contribution in [3.63, 3.8) is 0 Å². The van der Waals surface area contributed by atoms with Crippen molar-refractivity contribution in [2.24, 2.45) is 5.41 Å². The molecule has 0 aliphatic rings. The van der Waals surface area contributed by atoms with Crippen molar-refractivity contribution in [3.05, 3.63) is 137 Å². The number of furan rings is 1. The minimum atomic E-state index is 0. The number of fused-ring (bicyclic) bond motifs is 5. The monoisotopic (exact) mass is 892 g/mol. The number of aromatic nitrogens is 3. The Bertz CT molecular complexity index is 2530. The van der Waals surface area contributed by atoms with Crippen LogP contribution in [0.25, 0.3) is 65.8 Å². The molecule has 0 aliphatic heterocycles. The molecule has 0 atom stereocenters. The van der Waals surface area contributed by atoms with Crippen LogP contribution in [0.1, 0.15) is 68.8 Å². The Kier molecular flexibility index (Phi) is 10.9. The van der Waals surface area contributed by atoms with E-state index in [0.29, 0.717) is 5.41 Å². The van der Waals surface area contributed by atoms with Gasteiger partial charge in [0.1, 0.15) is 11.1 Å². The number of aryl methyl sites for hydroxylation is 3. The minimum absolute atomic E-state index is 0. The van der Waals surface area contributed by atoms with Gasteiger partial charge in [-0.15, -0.1) is 64.9 Å². The van der Waals surface area contributed by atoms with Crippen LogP contribution in [-0.4, -0.2) is 15.0 Å². The Morgan fingerprint density at radius 3 is 2.15 bits per heavy atom. The van der Waals surface area contributed by atoms with Crippen molar-refractivity contribution in [1.82, 2.24) is 15.0 Å². The van der Waals surface area contributed by atoms with Crippen LogP contribution in [0.5, 0.6) is 0 Å². The summed E-state index contributed by atoms with van der Waals surface area (Å²) in [6, 6.07) is 36.3. The molecule has 4 nitrogen and oxygen atoms in total. The first-order valence-electron chi connectivity index (χ1n) is 17.9. The quantitative estimate of drug-likeness (QED) is 0.165. The van der Waals surface area contributed by atoms with E-state index in [4.69, 9.17) is 9.40 Å². The average Bonchev–Trinajstić information content (AvgIpc) is 3.72. The predicted molar refractivity (Wildman–Crippen MR) is 219 cm³/mol. The average molecular weight is 892 g/mol. The molecular formula is C47H45IrN3OS-2. The smallest absolute Gasteiger partial charge is 0.148 e. The molecule has 0 spiro atoms. The van der Waals surface area contributed by atoms with E-state index in [0.717, 1.165) is 66.1 Å². The molecule has 8 aromatic rings. The molecule has 4 aromatic carbocycles. The summed E-state index contributed by atoms with van der Waals surface area (Å²) in [5, 5.41) is 3.29. The third-order valence-corrected chi connectivity index (χ3v) is 10.7. The second-order valence-electron chi connectivity index (χ2n) is 16.1. The van der Waals surface area contributed by atoms with Gasteiger partial charge < -0.3 is 14.4 Å². The number of hydrogen-bond donors (Lipinski definition) is 0. The molecular weight excluding hydrogens is 847 g/mol. The standard InChI is InChI=1S/C24H21N2OS.C23H24N.Ir/c1-13-11-18(25-12-14(13)2)17-8-6-7-15-16-9-10-19-20(22(16)27-21(15)17)26-23(28-19)24(3,4)5;1-17-5-9-20(10-6-17)22-15-21(13-14-24-22)19-11-7-18(8-12-19)16-23(2,3)4;/h6-7,9-12H,1-5H3;5-9,11-15H,16H2,1-4H3;/q2*-1;.